The summed E-state index contributed by atoms with van der Waals surface area (Å²) >= 11 is 1.27. The van der Waals surface area contributed by atoms with Crippen LogP contribution in [-0.4, -0.2) is 20.6 Å². The number of carbonyl (C=O) groups excluding carboxylic acids is 1. The second-order valence-corrected chi connectivity index (χ2v) is 4.72. The topological polar surface area (TPSA) is 76.9 Å². The quantitative estimate of drug-likeness (QED) is 0.710. The molecule has 0 unspecified atom stereocenters. The molecule has 1 N–H and O–H groups in total. The lowest BCUT2D eigenvalue weighted by atomic mass is 10.3. The van der Waals surface area contributed by atoms with Gasteiger partial charge in [0.05, 0.1) is 5.52 Å². The van der Waals surface area contributed by atoms with Crippen molar-refractivity contribution < 1.29 is 4.79 Å². The molecule has 1 amide bonds. The van der Waals surface area contributed by atoms with Crippen LogP contribution < -0.4 is 11.0 Å². The summed E-state index contributed by atoms with van der Waals surface area (Å²) in [5.41, 5.74) is 2.73. The molecule has 6 nitrogen and oxygen atoms in total. The highest BCUT2D eigenvalue weighted by Crippen LogP contribution is 2.27. The Kier molecular flexibility index (Phi) is 2.34. The molecule has 0 aliphatic heterocycles. The van der Waals surface area contributed by atoms with Crippen LogP contribution in [0.1, 0.15) is 6.92 Å². The van der Waals surface area contributed by atoms with Gasteiger partial charge < -0.3 is 0 Å². The lowest BCUT2D eigenvalue weighted by Gasteiger charge is -2.03. The summed E-state index contributed by atoms with van der Waals surface area (Å²) in [5.74, 6) is -0.322. The molecule has 3 heterocycles. The van der Waals surface area contributed by atoms with E-state index in [-0.39, 0.29) is 11.5 Å². The van der Waals surface area contributed by atoms with Crippen LogP contribution in [0, 0.1) is 0 Å². The van der Waals surface area contributed by atoms with Crippen molar-refractivity contribution in [2.24, 2.45) is 0 Å². The van der Waals surface area contributed by atoms with Crippen LogP contribution in [0.3, 0.4) is 0 Å². The van der Waals surface area contributed by atoms with E-state index in [9.17, 15) is 9.59 Å². The van der Waals surface area contributed by atoms with E-state index in [1.54, 1.807) is 12.3 Å². The first-order chi connectivity index (χ1) is 8.66. The Labute approximate surface area is 105 Å². The maximum Gasteiger partial charge on any atom is 0.290 e. The van der Waals surface area contributed by atoms with Crippen molar-refractivity contribution in [3.8, 4) is 0 Å². The summed E-state index contributed by atoms with van der Waals surface area (Å²) in [6.07, 6.45) is 2.98. The van der Waals surface area contributed by atoms with Crippen molar-refractivity contribution in [2.45, 2.75) is 6.92 Å². The third kappa shape index (κ3) is 1.56. The van der Waals surface area contributed by atoms with Crippen molar-refractivity contribution in [3.05, 3.63) is 35.0 Å². The molecule has 0 atom stereocenters. The molecule has 0 saturated heterocycles. The molecular weight excluding hydrogens is 252 g/mol. The van der Waals surface area contributed by atoms with Crippen molar-refractivity contribution >= 4 is 37.7 Å². The average molecular weight is 260 g/mol. The number of rotatable bonds is 1. The second-order valence-electron chi connectivity index (χ2n) is 3.72. The van der Waals surface area contributed by atoms with Gasteiger partial charge >= 0.3 is 0 Å². The maximum atomic E-state index is 12.1. The van der Waals surface area contributed by atoms with Gasteiger partial charge in [0.15, 0.2) is 0 Å². The number of aromatic nitrogens is 3. The number of pyridine rings is 1. The number of nitrogens with one attached hydrogen (secondary N) is 1. The Balaban J connectivity index is 2.35. The van der Waals surface area contributed by atoms with E-state index >= 15 is 0 Å². The predicted octanol–water partition coefficient (Wildman–Crippen LogP) is 1.10. The molecule has 0 bridgehead atoms. The fourth-order valence-corrected chi connectivity index (χ4v) is 2.75. The summed E-state index contributed by atoms with van der Waals surface area (Å²) in [6.45, 7) is 1.34. The van der Waals surface area contributed by atoms with E-state index in [2.05, 4.69) is 15.4 Å². The average Bonchev–Trinajstić information content (AvgIpc) is 2.72. The second kappa shape index (κ2) is 3.88. The minimum atomic E-state index is -0.322. The molecule has 0 fully saturated rings. The van der Waals surface area contributed by atoms with Crippen LogP contribution in [-0.2, 0) is 4.79 Å². The lowest BCUT2D eigenvalue weighted by molar-refractivity contribution is -0.115. The van der Waals surface area contributed by atoms with Gasteiger partial charge in [-0.25, -0.2) is 14.6 Å². The summed E-state index contributed by atoms with van der Waals surface area (Å²) < 4.78 is 1.57. The first kappa shape index (κ1) is 10.8. The molecule has 7 heteroatoms. The number of hydrogen-bond donors (Lipinski definition) is 1. The van der Waals surface area contributed by atoms with Crippen LogP contribution in [0.15, 0.2) is 29.5 Å². The predicted molar refractivity (Wildman–Crippen MR) is 69.2 cm³/mol. The molecule has 0 aromatic carbocycles. The first-order valence-corrected chi connectivity index (χ1v) is 6.01. The van der Waals surface area contributed by atoms with Gasteiger partial charge in [-0.3, -0.25) is 15.0 Å². The zero-order chi connectivity index (χ0) is 12.7. The standard InChI is InChI=1S/C11H8N4O2S/c1-6(16)14-15-5-13-8-7-3-2-4-12-10(7)18-9(8)11(15)17/h2-5H,1H3,(H,14,16). The number of carbonyl (C=O) groups is 1. The lowest BCUT2D eigenvalue weighted by Crippen LogP contribution is -2.31. The van der Waals surface area contributed by atoms with Gasteiger partial charge in [-0.2, -0.15) is 0 Å². The molecule has 0 spiro atoms. The molecule has 0 radical (unpaired) electrons. The molecule has 3 aromatic rings. The zero-order valence-corrected chi connectivity index (χ0v) is 10.2. The van der Waals surface area contributed by atoms with Crippen LogP contribution in [0.5, 0.6) is 0 Å². The SMILES string of the molecule is CC(=O)Nn1cnc2c(sc3ncccc32)c1=O. The Morgan fingerprint density at radius 2 is 2.28 bits per heavy atom. The Morgan fingerprint density at radius 1 is 1.44 bits per heavy atom. The number of thiophene rings is 1. The van der Waals surface area contributed by atoms with E-state index in [1.807, 2.05) is 6.07 Å². The smallest absolute Gasteiger partial charge is 0.274 e. The maximum absolute atomic E-state index is 12.1. The molecule has 0 aliphatic carbocycles. The molecular formula is C11H8N4O2S. The Morgan fingerprint density at radius 3 is 3.06 bits per heavy atom. The van der Waals surface area contributed by atoms with Crippen molar-refractivity contribution in [3.63, 3.8) is 0 Å². The van der Waals surface area contributed by atoms with E-state index in [0.29, 0.717) is 10.2 Å². The fraction of sp³-hybridized carbons (Fsp3) is 0.0909. The van der Waals surface area contributed by atoms with Crippen molar-refractivity contribution in [1.29, 1.82) is 0 Å². The summed E-state index contributed by atoms with van der Waals surface area (Å²) in [5, 5.41) is 0.851. The van der Waals surface area contributed by atoms with Gasteiger partial charge in [-0.1, -0.05) is 0 Å². The van der Waals surface area contributed by atoms with Gasteiger partial charge in [0, 0.05) is 18.5 Å². The molecule has 0 saturated carbocycles. The van der Waals surface area contributed by atoms with E-state index in [4.69, 9.17) is 0 Å². The van der Waals surface area contributed by atoms with Crippen LogP contribution in [0.25, 0.3) is 20.4 Å². The Bertz CT molecular complexity index is 821. The van der Waals surface area contributed by atoms with Crippen LogP contribution >= 0.6 is 11.3 Å². The summed E-state index contributed by atoms with van der Waals surface area (Å²) in [7, 11) is 0. The van der Waals surface area contributed by atoms with Crippen LogP contribution in [0.2, 0.25) is 0 Å². The van der Waals surface area contributed by atoms with E-state index in [1.165, 1.54) is 24.6 Å². The van der Waals surface area contributed by atoms with Crippen molar-refractivity contribution in [1.82, 2.24) is 14.6 Å². The number of hydrogen-bond acceptors (Lipinski definition) is 5. The third-order valence-corrected chi connectivity index (χ3v) is 3.52. The first-order valence-electron chi connectivity index (χ1n) is 5.19. The van der Waals surface area contributed by atoms with Gasteiger partial charge in [-0.05, 0) is 12.1 Å². The molecule has 90 valence electrons. The summed E-state index contributed by atoms with van der Waals surface area (Å²) in [6, 6.07) is 3.67. The normalized spacial score (nSPS) is 10.9. The number of fused-ring (bicyclic) bond motifs is 3. The third-order valence-electron chi connectivity index (χ3n) is 2.43. The number of amides is 1. The minimum absolute atomic E-state index is 0.293. The van der Waals surface area contributed by atoms with Gasteiger partial charge in [0.1, 0.15) is 15.9 Å². The molecule has 18 heavy (non-hydrogen) atoms. The fourth-order valence-electron chi connectivity index (χ4n) is 1.72. The van der Waals surface area contributed by atoms with E-state index < -0.39 is 0 Å². The number of nitrogens with zero attached hydrogens (tertiary/aromatic N) is 3. The highest BCUT2D eigenvalue weighted by molar-refractivity contribution is 7.25. The van der Waals surface area contributed by atoms with E-state index in [0.717, 1.165) is 14.9 Å². The molecule has 3 rings (SSSR count). The van der Waals surface area contributed by atoms with Crippen LogP contribution in [0.4, 0.5) is 0 Å². The van der Waals surface area contributed by atoms with Crippen molar-refractivity contribution in [2.75, 3.05) is 5.43 Å². The minimum Gasteiger partial charge on any atom is -0.274 e. The highest BCUT2D eigenvalue weighted by Gasteiger charge is 2.12. The van der Waals surface area contributed by atoms with Gasteiger partial charge in [-0.15, -0.1) is 11.3 Å². The largest absolute Gasteiger partial charge is 0.290 e. The van der Waals surface area contributed by atoms with Gasteiger partial charge in [0.2, 0.25) is 5.91 Å². The Hall–Kier alpha value is -2.28. The molecule has 3 aromatic heterocycles. The zero-order valence-electron chi connectivity index (χ0n) is 9.38. The molecule has 0 aliphatic rings. The highest BCUT2D eigenvalue weighted by atomic mass is 32.1. The monoisotopic (exact) mass is 260 g/mol. The van der Waals surface area contributed by atoms with Gasteiger partial charge in [0.25, 0.3) is 5.56 Å². The summed E-state index contributed by atoms with van der Waals surface area (Å²) in [4.78, 5) is 32.2.